The van der Waals surface area contributed by atoms with Crippen molar-refractivity contribution < 1.29 is 18.9 Å². The lowest BCUT2D eigenvalue weighted by atomic mass is 10.2. The monoisotopic (exact) mass is 534 g/mol. The lowest BCUT2D eigenvalue weighted by molar-refractivity contribution is 0.0195. The van der Waals surface area contributed by atoms with Gasteiger partial charge in [-0.15, -0.1) is 24.0 Å². The summed E-state index contributed by atoms with van der Waals surface area (Å²) in [6.45, 7) is 9.23. The summed E-state index contributed by atoms with van der Waals surface area (Å²) in [6.07, 6.45) is 1.16. The van der Waals surface area contributed by atoms with Crippen LogP contribution in [0.4, 0.5) is 0 Å². The number of rotatable bonds is 7. The molecule has 30 heavy (non-hydrogen) atoms. The number of benzene rings is 1. The number of aliphatic imine (C=N–C) groups is 1. The Balaban J connectivity index is 0.00000320. The first-order valence-corrected chi connectivity index (χ1v) is 10.3. The van der Waals surface area contributed by atoms with Crippen LogP contribution in [-0.4, -0.2) is 89.1 Å². The molecule has 2 aliphatic rings. The van der Waals surface area contributed by atoms with Crippen LogP contribution in [-0.2, 0) is 11.3 Å². The van der Waals surface area contributed by atoms with Crippen LogP contribution in [0.5, 0.6) is 17.2 Å². The van der Waals surface area contributed by atoms with E-state index in [4.69, 9.17) is 23.9 Å². The maximum absolute atomic E-state index is 5.49. The van der Waals surface area contributed by atoms with E-state index < -0.39 is 0 Å². The van der Waals surface area contributed by atoms with E-state index in [-0.39, 0.29) is 24.0 Å². The number of methoxy groups -OCH3 is 3. The fraction of sp³-hybridized carbons (Fsp3) is 0.667. The van der Waals surface area contributed by atoms with Gasteiger partial charge in [-0.2, -0.15) is 0 Å². The zero-order chi connectivity index (χ0) is 20.6. The molecular weight excluding hydrogens is 499 g/mol. The molecule has 0 spiro atoms. The molecule has 9 heteroatoms. The molecule has 1 aromatic rings. The number of guanidine groups is 1. The molecule has 170 valence electrons. The van der Waals surface area contributed by atoms with Gasteiger partial charge in [0.25, 0.3) is 0 Å². The van der Waals surface area contributed by atoms with Crippen LogP contribution in [0, 0.1) is 0 Å². The van der Waals surface area contributed by atoms with Crippen LogP contribution in [0.1, 0.15) is 18.9 Å². The van der Waals surface area contributed by atoms with Crippen molar-refractivity contribution in [3.63, 3.8) is 0 Å². The van der Waals surface area contributed by atoms with Crippen LogP contribution in [0.2, 0.25) is 0 Å². The van der Waals surface area contributed by atoms with Gasteiger partial charge in [0.2, 0.25) is 5.75 Å². The average Bonchev–Trinajstić information content (AvgIpc) is 3.26. The lowest BCUT2D eigenvalue weighted by Gasteiger charge is -2.32. The van der Waals surface area contributed by atoms with Crippen molar-refractivity contribution in [2.24, 2.45) is 4.99 Å². The van der Waals surface area contributed by atoms with Crippen molar-refractivity contribution in [3.05, 3.63) is 17.7 Å². The molecule has 0 aromatic heterocycles. The highest BCUT2D eigenvalue weighted by atomic mass is 127. The van der Waals surface area contributed by atoms with Gasteiger partial charge >= 0.3 is 0 Å². The van der Waals surface area contributed by atoms with Gasteiger partial charge in [-0.3, -0.25) is 4.90 Å². The first-order chi connectivity index (χ1) is 14.2. The molecule has 0 aliphatic carbocycles. The molecule has 0 bridgehead atoms. The molecule has 2 saturated heterocycles. The molecule has 2 fully saturated rings. The van der Waals surface area contributed by atoms with Gasteiger partial charge in [0, 0.05) is 38.8 Å². The minimum atomic E-state index is 0. The topological polar surface area (TPSA) is 67.8 Å². The van der Waals surface area contributed by atoms with E-state index >= 15 is 0 Å². The Morgan fingerprint density at radius 3 is 2.33 bits per heavy atom. The van der Waals surface area contributed by atoms with E-state index in [0.29, 0.717) is 29.8 Å². The molecule has 3 rings (SSSR count). The highest BCUT2D eigenvalue weighted by Gasteiger charge is 2.30. The summed E-state index contributed by atoms with van der Waals surface area (Å²) < 4.78 is 21.8. The molecule has 1 aromatic carbocycles. The third-order valence-electron chi connectivity index (χ3n) is 5.50. The Kier molecular flexibility index (Phi) is 10.3. The fourth-order valence-corrected chi connectivity index (χ4v) is 3.99. The van der Waals surface area contributed by atoms with Crippen molar-refractivity contribution in [2.45, 2.75) is 25.9 Å². The van der Waals surface area contributed by atoms with E-state index in [1.807, 2.05) is 12.1 Å². The largest absolute Gasteiger partial charge is 0.493 e. The summed E-state index contributed by atoms with van der Waals surface area (Å²) >= 11 is 0. The van der Waals surface area contributed by atoms with E-state index in [1.165, 1.54) is 0 Å². The minimum Gasteiger partial charge on any atom is -0.493 e. The summed E-state index contributed by atoms with van der Waals surface area (Å²) in [5.41, 5.74) is 1.01. The first kappa shape index (κ1) is 24.8. The number of nitrogens with one attached hydrogen (secondary N) is 1. The molecule has 1 atom stereocenters. The average molecular weight is 534 g/mol. The lowest BCUT2D eigenvalue weighted by Crippen LogP contribution is -2.46. The van der Waals surface area contributed by atoms with Crippen LogP contribution in [0.25, 0.3) is 0 Å². The fourth-order valence-electron chi connectivity index (χ4n) is 3.99. The van der Waals surface area contributed by atoms with E-state index in [0.717, 1.165) is 63.9 Å². The molecule has 0 amide bonds. The zero-order valence-electron chi connectivity index (χ0n) is 18.5. The number of hydrogen-bond acceptors (Lipinski definition) is 6. The van der Waals surface area contributed by atoms with Gasteiger partial charge in [0.1, 0.15) is 0 Å². The second-order valence-electron chi connectivity index (χ2n) is 7.24. The van der Waals surface area contributed by atoms with Gasteiger partial charge in [-0.1, -0.05) is 0 Å². The predicted octanol–water partition coefficient (Wildman–Crippen LogP) is 2.20. The quantitative estimate of drug-likeness (QED) is 0.327. The number of morpholine rings is 1. The van der Waals surface area contributed by atoms with Crippen molar-refractivity contribution in [1.29, 1.82) is 0 Å². The number of nitrogens with zero attached hydrogens (tertiary/aromatic N) is 3. The second kappa shape index (κ2) is 12.4. The van der Waals surface area contributed by atoms with Gasteiger partial charge in [0.05, 0.1) is 41.1 Å². The molecule has 1 N–H and O–H groups in total. The van der Waals surface area contributed by atoms with Gasteiger partial charge in [-0.25, -0.2) is 4.99 Å². The Morgan fingerprint density at radius 2 is 1.77 bits per heavy atom. The number of ether oxygens (including phenoxy) is 4. The van der Waals surface area contributed by atoms with Gasteiger partial charge in [0.15, 0.2) is 17.5 Å². The molecule has 2 aliphatic heterocycles. The van der Waals surface area contributed by atoms with Crippen molar-refractivity contribution in [3.8, 4) is 17.2 Å². The maximum Gasteiger partial charge on any atom is 0.203 e. The Hall–Kier alpha value is -1.46. The number of hydrogen-bond donors (Lipinski definition) is 1. The second-order valence-corrected chi connectivity index (χ2v) is 7.24. The minimum absolute atomic E-state index is 0. The number of likely N-dealkylation sites (tertiary alicyclic amines) is 1. The molecule has 1 unspecified atom stereocenters. The first-order valence-electron chi connectivity index (χ1n) is 10.3. The normalized spacial score (nSPS) is 19.9. The van der Waals surface area contributed by atoms with Crippen molar-refractivity contribution >= 4 is 29.9 Å². The molecular formula is C21H35IN4O4. The van der Waals surface area contributed by atoms with Crippen LogP contribution < -0.4 is 19.5 Å². The van der Waals surface area contributed by atoms with Gasteiger partial charge < -0.3 is 29.2 Å². The highest BCUT2D eigenvalue weighted by Crippen LogP contribution is 2.38. The molecule has 8 nitrogen and oxygen atoms in total. The Bertz CT molecular complexity index is 673. The van der Waals surface area contributed by atoms with Crippen LogP contribution in [0.3, 0.4) is 0 Å². The van der Waals surface area contributed by atoms with Crippen LogP contribution in [0.15, 0.2) is 17.1 Å². The summed E-state index contributed by atoms with van der Waals surface area (Å²) in [7, 11) is 4.87. The van der Waals surface area contributed by atoms with Crippen LogP contribution >= 0.6 is 24.0 Å². The summed E-state index contributed by atoms with van der Waals surface area (Å²) in [5, 5.41) is 3.44. The standard InChI is InChI=1S/C21H34N4O4.HI/c1-5-22-21(25-7-6-17(15-25)24-8-10-29-11-9-24)23-14-16-12-18(26-2)20(28-4)19(13-16)27-3;/h12-13,17H,5-11,14-15H2,1-4H3,(H,22,23);1H. The summed E-state index contributed by atoms with van der Waals surface area (Å²) in [4.78, 5) is 9.80. The Morgan fingerprint density at radius 1 is 1.10 bits per heavy atom. The molecule has 0 radical (unpaired) electrons. The van der Waals surface area contributed by atoms with E-state index in [2.05, 4.69) is 22.0 Å². The number of halogens is 1. The zero-order valence-corrected chi connectivity index (χ0v) is 20.8. The summed E-state index contributed by atoms with van der Waals surface area (Å²) in [5.74, 6) is 2.85. The Labute approximate surface area is 196 Å². The van der Waals surface area contributed by atoms with Crippen molar-refractivity contribution in [2.75, 3.05) is 67.3 Å². The highest BCUT2D eigenvalue weighted by molar-refractivity contribution is 14.0. The third kappa shape index (κ3) is 6.04. The summed E-state index contributed by atoms with van der Waals surface area (Å²) in [6, 6.07) is 4.48. The van der Waals surface area contributed by atoms with Gasteiger partial charge in [-0.05, 0) is 31.0 Å². The smallest absolute Gasteiger partial charge is 0.203 e. The van der Waals surface area contributed by atoms with E-state index in [9.17, 15) is 0 Å². The van der Waals surface area contributed by atoms with E-state index in [1.54, 1.807) is 21.3 Å². The molecule has 2 heterocycles. The third-order valence-corrected chi connectivity index (χ3v) is 5.50. The predicted molar refractivity (Wildman–Crippen MR) is 129 cm³/mol. The molecule has 0 saturated carbocycles. The van der Waals surface area contributed by atoms with Crippen molar-refractivity contribution in [1.82, 2.24) is 15.1 Å². The maximum atomic E-state index is 5.49. The SMILES string of the molecule is CCNC(=NCc1cc(OC)c(OC)c(OC)c1)N1CCC(N2CCOCC2)C1.I.